The fraction of sp³-hybridized carbons (Fsp3) is 0.111. The van der Waals surface area contributed by atoms with Gasteiger partial charge in [0.15, 0.2) is 5.69 Å². The number of methoxy groups -OCH3 is 1. The Hall–Kier alpha value is -2.02. The van der Waals surface area contributed by atoms with Crippen molar-refractivity contribution in [3.63, 3.8) is 0 Å². The lowest BCUT2D eigenvalue weighted by Gasteiger charge is -1.97. The van der Waals surface area contributed by atoms with E-state index in [4.69, 9.17) is 9.84 Å². The highest BCUT2D eigenvalue weighted by atomic mass is 32.1. The normalized spacial score (nSPS) is 10.1. The molecule has 0 amide bonds. The molecule has 82 valence electrons. The molecule has 0 atom stereocenters. The molecular weight excluding hydrogens is 230 g/mol. The number of aromatic nitrogens is 3. The average molecular weight is 237 g/mol. The Morgan fingerprint density at radius 2 is 2.25 bits per heavy atom. The molecule has 2 aromatic heterocycles. The molecule has 0 aliphatic rings. The molecule has 0 unspecified atom stereocenters. The van der Waals surface area contributed by atoms with E-state index < -0.39 is 5.97 Å². The molecule has 0 radical (unpaired) electrons. The van der Waals surface area contributed by atoms with E-state index in [0.29, 0.717) is 16.6 Å². The van der Waals surface area contributed by atoms with Crippen LogP contribution in [-0.4, -0.2) is 33.4 Å². The Balaban J connectivity index is 2.31. The second-order valence-electron chi connectivity index (χ2n) is 2.80. The van der Waals surface area contributed by atoms with Gasteiger partial charge in [0.25, 0.3) is 0 Å². The molecule has 0 aliphatic heterocycles. The Morgan fingerprint density at radius 3 is 2.75 bits per heavy atom. The largest absolute Gasteiger partial charge is 0.480 e. The molecular formula is C9H7N3O3S. The van der Waals surface area contributed by atoms with Crippen molar-refractivity contribution in [3.8, 4) is 16.6 Å². The molecule has 2 heterocycles. The van der Waals surface area contributed by atoms with Crippen LogP contribution >= 0.6 is 11.3 Å². The summed E-state index contributed by atoms with van der Waals surface area (Å²) in [7, 11) is 1.50. The van der Waals surface area contributed by atoms with E-state index in [9.17, 15) is 4.79 Å². The van der Waals surface area contributed by atoms with Crippen molar-refractivity contribution in [3.05, 3.63) is 23.2 Å². The maximum Gasteiger partial charge on any atom is 0.355 e. The fourth-order valence-electron chi connectivity index (χ4n) is 1.03. The van der Waals surface area contributed by atoms with E-state index in [2.05, 4.69) is 15.2 Å². The van der Waals surface area contributed by atoms with Crippen LogP contribution < -0.4 is 4.74 Å². The van der Waals surface area contributed by atoms with Crippen molar-refractivity contribution in [2.24, 2.45) is 0 Å². The number of carbonyl (C=O) groups is 1. The Kier molecular flexibility index (Phi) is 2.78. The number of thiazole rings is 1. The van der Waals surface area contributed by atoms with Crippen LogP contribution in [0.25, 0.3) is 10.7 Å². The lowest BCUT2D eigenvalue weighted by molar-refractivity contribution is 0.0691. The van der Waals surface area contributed by atoms with E-state index >= 15 is 0 Å². The van der Waals surface area contributed by atoms with Gasteiger partial charge >= 0.3 is 5.97 Å². The molecule has 0 bridgehead atoms. The Morgan fingerprint density at radius 1 is 1.44 bits per heavy atom. The third-order valence-electron chi connectivity index (χ3n) is 1.79. The zero-order valence-corrected chi connectivity index (χ0v) is 9.06. The summed E-state index contributed by atoms with van der Waals surface area (Å²) in [4.78, 5) is 14.5. The molecule has 2 rings (SSSR count). The first-order valence-corrected chi connectivity index (χ1v) is 5.15. The lowest BCUT2D eigenvalue weighted by Crippen LogP contribution is -1.96. The van der Waals surface area contributed by atoms with Gasteiger partial charge in [-0.2, -0.15) is 0 Å². The second-order valence-corrected chi connectivity index (χ2v) is 3.66. The minimum Gasteiger partial charge on any atom is -0.480 e. The monoisotopic (exact) mass is 237 g/mol. The fourth-order valence-corrected chi connectivity index (χ4v) is 1.79. The van der Waals surface area contributed by atoms with Gasteiger partial charge in [-0.25, -0.2) is 9.78 Å². The summed E-state index contributed by atoms with van der Waals surface area (Å²) in [6, 6.07) is 3.32. The number of carboxylic acids is 1. The number of aromatic carboxylic acids is 1. The summed E-state index contributed by atoms with van der Waals surface area (Å²) in [5.41, 5.74) is 0.538. The number of hydrogen-bond acceptors (Lipinski definition) is 6. The first kappa shape index (κ1) is 10.5. The van der Waals surface area contributed by atoms with Gasteiger partial charge in [-0.15, -0.1) is 21.5 Å². The molecule has 1 N–H and O–H groups in total. The first-order valence-electron chi connectivity index (χ1n) is 4.27. The number of hydrogen-bond donors (Lipinski definition) is 1. The van der Waals surface area contributed by atoms with Gasteiger partial charge in [-0.05, 0) is 6.07 Å². The van der Waals surface area contributed by atoms with Crippen molar-refractivity contribution in [2.75, 3.05) is 7.11 Å². The summed E-state index contributed by atoms with van der Waals surface area (Å²) in [6.45, 7) is 0. The summed E-state index contributed by atoms with van der Waals surface area (Å²) in [5.74, 6) is -0.650. The van der Waals surface area contributed by atoms with Crippen molar-refractivity contribution in [2.45, 2.75) is 0 Å². The van der Waals surface area contributed by atoms with Crippen LogP contribution in [0.2, 0.25) is 0 Å². The highest BCUT2D eigenvalue weighted by Crippen LogP contribution is 2.22. The third-order valence-corrected chi connectivity index (χ3v) is 2.66. The molecule has 7 heteroatoms. The van der Waals surface area contributed by atoms with E-state index in [1.807, 2.05) is 0 Å². The SMILES string of the molecule is COc1ccc(-c2nc(C(=O)O)cs2)nn1. The number of carboxylic acid groups (broad SMARTS) is 1. The molecule has 6 nitrogen and oxygen atoms in total. The molecule has 0 saturated carbocycles. The van der Waals surface area contributed by atoms with Gasteiger partial charge in [0.2, 0.25) is 5.88 Å². The quantitative estimate of drug-likeness (QED) is 0.866. The molecule has 2 aromatic rings. The van der Waals surface area contributed by atoms with Gasteiger partial charge < -0.3 is 9.84 Å². The lowest BCUT2D eigenvalue weighted by atomic mass is 10.4. The highest BCUT2D eigenvalue weighted by Gasteiger charge is 2.11. The van der Waals surface area contributed by atoms with Crippen LogP contribution in [0.3, 0.4) is 0 Å². The minimum atomic E-state index is -1.05. The molecule has 0 saturated heterocycles. The number of ether oxygens (including phenoxy) is 1. The zero-order valence-electron chi connectivity index (χ0n) is 8.25. The van der Waals surface area contributed by atoms with E-state index in [0.717, 1.165) is 0 Å². The summed E-state index contributed by atoms with van der Waals surface area (Å²) in [6.07, 6.45) is 0. The molecule has 0 fully saturated rings. The molecule has 0 aliphatic carbocycles. The van der Waals surface area contributed by atoms with Gasteiger partial charge in [0, 0.05) is 11.4 Å². The highest BCUT2D eigenvalue weighted by molar-refractivity contribution is 7.13. The molecule has 0 spiro atoms. The van der Waals surface area contributed by atoms with Gasteiger partial charge in [0.05, 0.1) is 7.11 Å². The predicted molar refractivity (Wildman–Crippen MR) is 56.7 cm³/mol. The maximum atomic E-state index is 10.6. The third kappa shape index (κ3) is 1.98. The van der Waals surface area contributed by atoms with Gasteiger partial charge in [-0.1, -0.05) is 0 Å². The van der Waals surface area contributed by atoms with Crippen LogP contribution in [-0.2, 0) is 0 Å². The summed E-state index contributed by atoms with van der Waals surface area (Å²) < 4.78 is 4.86. The minimum absolute atomic E-state index is 0.0117. The maximum absolute atomic E-state index is 10.6. The second kappa shape index (κ2) is 4.23. The Labute approximate surface area is 94.6 Å². The number of nitrogens with zero attached hydrogens (tertiary/aromatic N) is 3. The van der Waals surface area contributed by atoms with Crippen LogP contribution in [0.5, 0.6) is 5.88 Å². The first-order chi connectivity index (χ1) is 7.70. The van der Waals surface area contributed by atoms with E-state index in [1.54, 1.807) is 12.1 Å². The van der Waals surface area contributed by atoms with Crippen LogP contribution in [0.4, 0.5) is 0 Å². The van der Waals surface area contributed by atoms with Crippen LogP contribution in [0.15, 0.2) is 17.5 Å². The Bertz CT molecular complexity index is 509. The summed E-state index contributed by atoms with van der Waals surface area (Å²) in [5, 5.41) is 18.3. The van der Waals surface area contributed by atoms with Crippen molar-refractivity contribution >= 4 is 17.3 Å². The van der Waals surface area contributed by atoms with E-state index in [-0.39, 0.29) is 5.69 Å². The van der Waals surface area contributed by atoms with Gasteiger partial charge in [-0.3, -0.25) is 0 Å². The van der Waals surface area contributed by atoms with E-state index in [1.165, 1.54) is 23.8 Å². The molecule has 16 heavy (non-hydrogen) atoms. The topological polar surface area (TPSA) is 85.2 Å². The van der Waals surface area contributed by atoms with Gasteiger partial charge in [0.1, 0.15) is 10.7 Å². The van der Waals surface area contributed by atoms with Crippen molar-refractivity contribution in [1.29, 1.82) is 0 Å². The van der Waals surface area contributed by atoms with Crippen molar-refractivity contribution < 1.29 is 14.6 Å². The smallest absolute Gasteiger partial charge is 0.355 e. The van der Waals surface area contributed by atoms with Crippen LogP contribution in [0, 0.1) is 0 Å². The predicted octanol–water partition coefficient (Wildman–Crippen LogP) is 1.31. The number of rotatable bonds is 3. The van der Waals surface area contributed by atoms with Crippen LogP contribution in [0.1, 0.15) is 10.5 Å². The average Bonchev–Trinajstić information content (AvgIpc) is 2.78. The standard InChI is InChI=1S/C9H7N3O3S/c1-15-7-3-2-5(11-12-7)8-10-6(4-16-8)9(13)14/h2-4H,1H3,(H,13,14). The van der Waals surface area contributed by atoms with Crippen molar-refractivity contribution in [1.82, 2.24) is 15.2 Å². The summed E-state index contributed by atoms with van der Waals surface area (Å²) >= 11 is 1.21. The molecule has 0 aromatic carbocycles. The zero-order chi connectivity index (χ0) is 11.5.